The van der Waals surface area contributed by atoms with Gasteiger partial charge >= 0.3 is 5.97 Å². The summed E-state index contributed by atoms with van der Waals surface area (Å²) in [6, 6.07) is 9.85. The van der Waals surface area contributed by atoms with Crippen LogP contribution in [0, 0.1) is 5.41 Å². The predicted molar refractivity (Wildman–Crippen MR) is 91.0 cm³/mol. The van der Waals surface area contributed by atoms with Crippen LogP contribution in [-0.4, -0.2) is 26.8 Å². The molecule has 1 rings (SSSR count). The van der Waals surface area contributed by atoms with Gasteiger partial charge in [-0.1, -0.05) is 50.8 Å². The molecular formula is C16H30NO2P. The molecular weight excluding hydrogens is 269 g/mol. The van der Waals surface area contributed by atoms with Crippen LogP contribution in [0.5, 0.6) is 0 Å². The Morgan fingerprint density at radius 2 is 1.65 bits per heavy atom. The van der Waals surface area contributed by atoms with Crippen LogP contribution in [-0.2, 0) is 9.53 Å². The van der Waals surface area contributed by atoms with Crippen LogP contribution >= 0.6 is 9.24 Å². The average Bonchev–Trinajstić information content (AvgIpc) is 2.52. The summed E-state index contributed by atoms with van der Waals surface area (Å²) in [7, 11) is 5.68. The highest BCUT2D eigenvalue weighted by Crippen LogP contribution is 2.33. The maximum Gasteiger partial charge on any atom is 0.313 e. The molecule has 3 nitrogen and oxygen atoms in total. The van der Waals surface area contributed by atoms with E-state index in [-0.39, 0.29) is 12.0 Å². The van der Waals surface area contributed by atoms with Gasteiger partial charge in [0, 0.05) is 6.04 Å². The van der Waals surface area contributed by atoms with Crippen molar-refractivity contribution in [1.29, 1.82) is 0 Å². The molecule has 0 aliphatic heterocycles. The molecule has 0 saturated heterocycles. The zero-order chi connectivity index (χ0) is 16.2. The molecule has 0 spiro atoms. The van der Waals surface area contributed by atoms with Crippen LogP contribution in [0.2, 0.25) is 0 Å². The van der Waals surface area contributed by atoms with E-state index in [9.17, 15) is 4.79 Å². The van der Waals surface area contributed by atoms with E-state index in [0.717, 1.165) is 5.56 Å². The zero-order valence-electron chi connectivity index (χ0n) is 13.9. The number of ether oxygens (including phenoxy) is 1. The Bertz CT molecular complexity index is 353. The van der Waals surface area contributed by atoms with Crippen LogP contribution in [0.25, 0.3) is 0 Å². The number of benzene rings is 1. The van der Waals surface area contributed by atoms with Crippen molar-refractivity contribution < 1.29 is 9.53 Å². The van der Waals surface area contributed by atoms with Crippen molar-refractivity contribution in [3.8, 4) is 0 Å². The fourth-order valence-corrected chi connectivity index (χ4v) is 1.97. The molecule has 0 saturated carbocycles. The number of carbonyl (C=O) groups is 1. The Morgan fingerprint density at radius 3 is 2.00 bits per heavy atom. The topological polar surface area (TPSA) is 38.3 Å². The molecule has 2 unspecified atom stereocenters. The van der Waals surface area contributed by atoms with E-state index < -0.39 is 5.41 Å². The summed E-state index contributed by atoms with van der Waals surface area (Å²) in [6.07, 6.45) is 0. The number of carbonyl (C=O) groups excluding carboxylic acids is 1. The Hall–Kier alpha value is -0.920. The molecule has 1 aromatic carbocycles. The van der Waals surface area contributed by atoms with E-state index in [4.69, 9.17) is 4.74 Å². The maximum absolute atomic E-state index is 11.7. The third kappa shape index (κ3) is 6.02. The summed E-state index contributed by atoms with van der Waals surface area (Å²) < 4.78 is 4.84. The van der Waals surface area contributed by atoms with Crippen molar-refractivity contribution >= 4 is 15.2 Å². The summed E-state index contributed by atoms with van der Waals surface area (Å²) in [5.74, 6) is -0.212. The number of methoxy groups -OCH3 is 1. The van der Waals surface area contributed by atoms with Crippen molar-refractivity contribution in [3.63, 3.8) is 0 Å². The van der Waals surface area contributed by atoms with Crippen molar-refractivity contribution in [1.82, 2.24) is 5.32 Å². The van der Waals surface area contributed by atoms with Gasteiger partial charge in [0.1, 0.15) is 0 Å². The molecule has 0 bridgehead atoms. The molecule has 0 fully saturated rings. The number of hydrogen-bond donors (Lipinski definition) is 1. The molecule has 1 aromatic rings. The Balaban J connectivity index is 0. The van der Waals surface area contributed by atoms with Crippen LogP contribution in [0.4, 0.5) is 0 Å². The van der Waals surface area contributed by atoms with E-state index in [1.807, 2.05) is 71.7 Å². The average molecular weight is 299 g/mol. The first-order valence-corrected chi connectivity index (χ1v) is 8.08. The molecule has 0 aromatic heterocycles. The van der Waals surface area contributed by atoms with E-state index in [1.165, 1.54) is 7.11 Å². The fraction of sp³-hybridized carbons (Fsp3) is 0.562. The van der Waals surface area contributed by atoms with Crippen LogP contribution < -0.4 is 5.32 Å². The lowest BCUT2D eigenvalue weighted by atomic mass is 9.80. The molecule has 0 aliphatic rings. The van der Waals surface area contributed by atoms with Gasteiger partial charge in [0.25, 0.3) is 0 Å². The first kappa shape index (κ1) is 21.4. The highest BCUT2D eigenvalue weighted by Gasteiger charge is 2.37. The lowest BCUT2D eigenvalue weighted by molar-refractivity contribution is -0.152. The molecule has 1 N–H and O–H groups in total. The van der Waals surface area contributed by atoms with Crippen molar-refractivity contribution in [2.45, 2.75) is 33.7 Å². The van der Waals surface area contributed by atoms with Crippen molar-refractivity contribution in [3.05, 3.63) is 35.9 Å². The zero-order valence-corrected chi connectivity index (χ0v) is 15.0. The van der Waals surface area contributed by atoms with Gasteiger partial charge in [-0.05, 0) is 26.5 Å². The number of esters is 1. The summed E-state index contributed by atoms with van der Waals surface area (Å²) in [5, 5.41) is 3.17. The van der Waals surface area contributed by atoms with Gasteiger partial charge < -0.3 is 10.1 Å². The minimum absolute atomic E-state index is 0.0545. The van der Waals surface area contributed by atoms with Gasteiger partial charge in [-0.15, -0.1) is 9.24 Å². The molecule has 0 heterocycles. The smallest absolute Gasteiger partial charge is 0.313 e. The summed E-state index contributed by atoms with van der Waals surface area (Å²) in [5.41, 5.74) is 0.491. The van der Waals surface area contributed by atoms with E-state index in [1.54, 1.807) is 0 Å². The Labute approximate surface area is 126 Å². The molecule has 4 heteroatoms. The second-order valence-electron chi connectivity index (χ2n) is 4.35. The lowest BCUT2D eigenvalue weighted by Crippen LogP contribution is -2.39. The number of hydrogen-bond acceptors (Lipinski definition) is 3. The van der Waals surface area contributed by atoms with Gasteiger partial charge in [-0.25, -0.2) is 0 Å². The summed E-state index contributed by atoms with van der Waals surface area (Å²) >= 11 is 0. The Morgan fingerprint density at radius 1 is 1.20 bits per heavy atom. The third-order valence-corrected chi connectivity index (χ3v) is 2.85. The molecule has 0 radical (unpaired) electrons. The highest BCUT2D eigenvalue weighted by molar-refractivity contribution is 7.15. The first-order chi connectivity index (χ1) is 9.54. The van der Waals surface area contributed by atoms with Gasteiger partial charge in [-0.2, -0.15) is 0 Å². The van der Waals surface area contributed by atoms with Crippen LogP contribution in [0.1, 0.15) is 39.3 Å². The van der Waals surface area contributed by atoms with E-state index >= 15 is 0 Å². The predicted octanol–water partition coefficient (Wildman–Crippen LogP) is 3.66. The van der Waals surface area contributed by atoms with Crippen molar-refractivity contribution in [2.24, 2.45) is 5.41 Å². The summed E-state index contributed by atoms with van der Waals surface area (Å²) in [6.45, 7) is 9.68. The fourth-order valence-electron chi connectivity index (χ4n) is 1.97. The Kier molecular flexibility index (Phi) is 12.7. The molecule has 2 atom stereocenters. The van der Waals surface area contributed by atoms with Gasteiger partial charge in [0.05, 0.1) is 12.5 Å². The minimum Gasteiger partial charge on any atom is -0.469 e. The van der Waals surface area contributed by atoms with E-state index in [2.05, 4.69) is 14.6 Å². The summed E-state index contributed by atoms with van der Waals surface area (Å²) in [4.78, 5) is 11.7. The van der Waals surface area contributed by atoms with Gasteiger partial charge in [-0.3, -0.25) is 4.79 Å². The highest BCUT2D eigenvalue weighted by atomic mass is 31.0. The lowest BCUT2D eigenvalue weighted by Gasteiger charge is -2.31. The maximum atomic E-state index is 11.7. The second kappa shape index (κ2) is 11.9. The van der Waals surface area contributed by atoms with Crippen LogP contribution in [0.3, 0.4) is 0 Å². The second-order valence-corrected chi connectivity index (χ2v) is 4.35. The van der Waals surface area contributed by atoms with Crippen LogP contribution in [0.15, 0.2) is 30.3 Å². The van der Waals surface area contributed by atoms with Crippen molar-refractivity contribution in [2.75, 3.05) is 20.8 Å². The number of nitrogens with one attached hydrogen (secondary N) is 1. The monoisotopic (exact) mass is 299 g/mol. The van der Waals surface area contributed by atoms with E-state index in [0.29, 0.717) is 0 Å². The van der Waals surface area contributed by atoms with Gasteiger partial charge in [0.15, 0.2) is 0 Å². The quantitative estimate of drug-likeness (QED) is 0.681. The largest absolute Gasteiger partial charge is 0.469 e. The number of rotatable bonds is 4. The normalized spacial score (nSPS) is 11.2. The molecule has 116 valence electrons. The molecule has 0 amide bonds. The first-order valence-electron chi connectivity index (χ1n) is 6.92. The molecule has 0 aliphatic carbocycles. The van der Waals surface area contributed by atoms with Gasteiger partial charge in [0.2, 0.25) is 0 Å². The third-order valence-electron chi connectivity index (χ3n) is 2.85. The standard InChI is InChI=1S/C13H19NO2.C2H6.CH5P/c1-13(2,12(15)16-4)11(14-3)10-8-6-5-7-9-10;2*1-2/h5-9,11,14H,1-4H3;1-2H3;2H2,1H3. The molecule has 20 heavy (non-hydrogen) atoms. The SMILES string of the molecule is CC.CNC(c1ccccc1)C(C)(C)C(=O)OC.CP. The minimum atomic E-state index is -0.592.